The third kappa shape index (κ3) is 5.03. The number of aliphatic hydroxyl groups is 1. The second kappa shape index (κ2) is 8.89. The lowest BCUT2D eigenvalue weighted by atomic mass is 9.95. The van der Waals surface area contributed by atoms with Gasteiger partial charge in [-0.1, -0.05) is 36.4 Å². The monoisotopic (exact) mass is 473 g/mol. The van der Waals surface area contributed by atoms with Crippen molar-refractivity contribution in [2.45, 2.75) is 31.4 Å². The number of ether oxygens (including phenoxy) is 1. The smallest absolute Gasteiger partial charge is 0.417 e. The summed E-state index contributed by atoms with van der Waals surface area (Å²) in [6.07, 6.45) is -12.5. The predicted molar refractivity (Wildman–Crippen MR) is 103 cm³/mol. The number of imide groups is 1. The van der Waals surface area contributed by atoms with Gasteiger partial charge in [-0.05, 0) is 36.2 Å². The van der Waals surface area contributed by atoms with Crippen LogP contribution in [0.25, 0.3) is 0 Å². The Morgan fingerprint density at radius 1 is 1.06 bits per heavy atom. The molecule has 1 N–H and O–H groups in total. The molecule has 176 valence electrons. The summed E-state index contributed by atoms with van der Waals surface area (Å²) in [7, 11) is 0. The number of carbonyl (C=O) groups is 2. The number of rotatable bonds is 4. The summed E-state index contributed by atoms with van der Waals surface area (Å²) in [5, 5.41) is 10.6. The Morgan fingerprint density at radius 2 is 1.61 bits per heavy atom. The summed E-state index contributed by atoms with van der Waals surface area (Å²) < 4.78 is 84.0. The van der Waals surface area contributed by atoms with E-state index < -0.39 is 58.8 Å². The molecule has 0 aliphatic carbocycles. The molecule has 2 amide bonds. The summed E-state index contributed by atoms with van der Waals surface area (Å²) in [6.45, 7) is 1.05. The van der Waals surface area contributed by atoms with Crippen LogP contribution in [-0.2, 0) is 21.9 Å². The number of aliphatic hydroxyl groups excluding tert-OH is 1. The third-order valence-corrected chi connectivity index (χ3v) is 5.05. The number of hydrogen-bond donors (Lipinski definition) is 1. The fraction of sp³-hybridized carbons (Fsp3) is 0.273. The van der Waals surface area contributed by atoms with Gasteiger partial charge in [0.1, 0.15) is 18.8 Å². The molecule has 0 aromatic heterocycles. The van der Waals surface area contributed by atoms with Crippen molar-refractivity contribution in [3.05, 3.63) is 82.4 Å². The minimum Gasteiger partial charge on any atom is -0.446 e. The van der Waals surface area contributed by atoms with E-state index in [1.165, 1.54) is 6.92 Å². The van der Waals surface area contributed by atoms with E-state index in [1.54, 1.807) is 30.3 Å². The molecule has 1 aliphatic rings. The van der Waals surface area contributed by atoms with Gasteiger partial charge in [0.2, 0.25) is 0 Å². The Balaban J connectivity index is 2.01. The van der Waals surface area contributed by atoms with Crippen molar-refractivity contribution < 1.29 is 45.8 Å². The molecule has 1 heterocycles. The van der Waals surface area contributed by atoms with Gasteiger partial charge in [0.05, 0.1) is 11.1 Å². The van der Waals surface area contributed by atoms with E-state index in [0.29, 0.717) is 22.6 Å². The highest BCUT2D eigenvalue weighted by Crippen LogP contribution is 2.39. The SMILES string of the molecule is C/C=C(/C(=O)N1C(=O)OCC1c1ccccc1)C(O)c1cc(C(F)(F)F)cc(C(F)(F)F)c1. The largest absolute Gasteiger partial charge is 0.446 e. The van der Waals surface area contributed by atoms with Crippen LogP contribution in [-0.4, -0.2) is 28.6 Å². The highest BCUT2D eigenvalue weighted by Gasteiger charge is 2.42. The van der Waals surface area contributed by atoms with Crippen molar-refractivity contribution in [2.24, 2.45) is 0 Å². The molecule has 2 aromatic carbocycles. The van der Waals surface area contributed by atoms with Crippen LogP contribution in [0.15, 0.2) is 60.2 Å². The first-order valence-corrected chi connectivity index (χ1v) is 9.53. The molecule has 1 saturated heterocycles. The van der Waals surface area contributed by atoms with Crippen molar-refractivity contribution in [1.29, 1.82) is 0 Å². The van der Waals surface area contributed by atoms with Gasteiger partial charge < -0.3 is 9.84 Å². The molecule has 2 unspecified atom stereocenters. The van der Waals surface area contributed by atoms with Gasteiger partial charge in [-0.3, -0.25) is 4.79 Å². The molecule has 3 rings (SSSR count). The number of nitrogens with zero attached hydrogens (tertiary/aromatic N) is 1. The standard InChI is InChI=1S/C22H17F6NO4/c1-2-16(19(31)29-17(11-33-20(29)32)12-6-4-3-5-7-12)18(30)13-8-14(21(23,24)25)10-15(9-13)22(26,27)28/h2-10,17-18,30H,11H2,1H3/b16-2+. The van der Waals surface area contributed by atoms with Crippen LogP contribution < -0.4 is 0 Å². The maximum atomic E-state index is 13.2. The van der Waals surface area contributed by atoms with Gasteiger partial charge in [-0.2, -0.15) is 26.3 Å². The van der Waals surface area contributed by atoms with E-state index in [9.17, 15) is 41.0 Å². The van der Waals surface area contributed by atoms with Crippen LogP contribution in [0.2, 0.25) is 0 Å². The second-order valence-electron chi connectivity index (χ2n) is 7.16. The fourth-order valence-corrected chi connectivity index (χ4v) is 3.42. The maximum absolute atomic E-state index is 13.2. The van der Waals surface area contributed by atoms with Crippen LogP contribution in [0.1, 0.15) is 41.3 Å². The van der Waals surface area contributed by atoms with Gasteiger partial charge in [0.15, 0.2) is 0 Å². The van der Waals surface area contributed by atoms with Crippen LogP contribution in [0, 0.1) is 0 Å². The zero-order valence-electron chi connectivity index (χ0n) is 16.9. The van der Waals surface area contributed by atoms with Crippen LogP contribution in [0.3, 0.4) is 0 Å². The highest BCUT2D eigenvalue weighted by molar-refractivity contribution is 6.04. The van der Waals surface area contributed by atoms with E-state index in [4.69, 9.17) is 4.74 Å². The normalized spacial score (nSPS) is 18.3. The number of cyclic esters (lactones) is 1. The zero-order valence-corrected chi connectivity index (χ0v) is 16.9. The van der Waals surface area contributed by atoms with Gasteiger partial charge in [-0.25, -0.2) is 9.69 Å². The van der Waals surface area contributed by atoms with E-state index >= 15 is 0 Å². The Hall–Kier alpha value is -3.34. The van der Waals surface area contributed by atoms with Crippen molar-refractivity contribution in [1.82, 2.24) is 4.90 Å². The Labute approximate surface area is 183 Å². The average molecular weight is 473 g/mol. The van der Waals surface area contributed by atoms with E-state index in [1.807, 2.05) is 0 Å². The van der Waals surface area contributed by atoms with E-state index in [-0.39, 0.29) is 12.7 Å². The molecule has 5 nitrogen and oxygen atoms in total. The lowest BCUT2D eigenvalue weighted by molar-refractivity contribution is -0.143. The first-order valence-electron chi connectivity index (χ1n) is 9.53. The van der Waals surface area contributed by atoms with Crippen LogP contribution >= 0.6 is 0 Å². The quantitative estimate of drug-likeness (QED) is 0.476. The molecule has 1 fully saturated rings. The first-order chi connectivity index (χ1) is 15.3. The van der Waals surface area contributed by atoms with Crippen molar-refractivity contribution >= 4 is 12.0 Å². The lowest BCUT2D eigenvalue weighted by Gasteiger charge is -2.24. The lowest BCUT2D eigenvalue weighted by Crippen LogP contribution is -2.36. The van der Waals surface area contributed by atoms with Gasteiger partial charge >= 0.3 is 18.4 Å². The van der Waals surface area contributed by atoms with Gasteiger partial charge in [0, 0.05) is 5.57 Å². The Kier molecular flexibility index (Phi) is 6.55. The summed E-state index contributed by atoms with van der Waals surface area (Å²) in [4.78, 5) is 26.0. The molecule has 0 saturated carbocycles. The molecule has 2 atom stereocenters. The summed E-state index contributed by atoms with van der Waals surface area (Å²) in [5.41, 5.74) is -4.15. The second-order valence-corrected chi connectivity index (χ2v) is 7.16. The van der Waals surface area contributed by atoms with E-state index in [2.05, 4.69) is 0 Å². The number of halogens is 6. The van der Waals surface area contributed by atoms with Crippen molar-refractivity contribution in [2.75, 3.05) is 6.61 Å². The number of hydrogen-bond acceptors (Lipinski definition) is 4. The molecule has 11 heteroatoms. The Morgan fingerprint density at radius 3 is 2.09 bits per heavy atom. The molecule has 0 radical (unpaired) electrons. The molecule has 33 heavy (non-hydrogen) atoms. The first kappa shape index (κ1) is 24.3. The average Bonchev–Trinajstić information content (AvgIpc) is 3.14. The third-order valence-electron chi connectivity index (χ3n) is 5.05. The number of alkyl halides is 6. The van der Waals surface area contributed by atoms with E-state index in [0.717, 1.165) is 6.08 Å². The van der Waals surface area contributed by atoms with Crippen LogP contribution in [0.5, 0.6) is 0 Å². The van der Waals surface area contributed by atoms with Gasteiger partial charge in [-0.15, -0.1) is 0 Å². The number of carbonyl (C=O) groups excluding carboxylic acids is 2. The molecular formula is C22H17F6NO4. The molecule has 0 bridgehead atoms. The zero-order chi connectivity index (χ0) is 24.6. The maximum Gasteiger partial charge on any atom is 0.417 e. The number of amides is 2. The summed E-state index contributed by atoms with van der Waals surface area (Å²) >= 11 is 0. The number of benzene rings is 2. The van der Waals surface area contributed by atoms with Crippen LogP contribution in [0.4, 0.5) is 31.1 Å². The van der Waals surface area contributed by atoms with Gasteiger partial charge in [0.25, 0.3) is 5.91 Å². The topological polar surface area (TPSA) is 66.8 Å². The van der Waals surface area contributed by atoms with Crippen molar-refractivity contribution in [3.8, 4) is 0 Å². The minimum atomic E-state index is -5.13. The predicted octanol–water partition coefficient (Wildman–Crippen LogP) is 5.42. The molecule has 2 aromatic rings. The summed E-state index contributed by atoms with van der Waals surface area (Å²) in [6, 6.07) is 7.89. The van der Waals surface area contributed by atoms with Crippen molar-refractivity contribution in [3.63, 3.8) is 0 Å². The number of allylic oxidation sites excluding steroid dienone is 1. The molecule has 1 aliphatic heterocycles. The minimum absolute atomic E-state index is 0.0867. The fourth-order valence-electron chi connectivity index (χ4n) is 3.42. The molecular weight excluding hydrogens is 456 g/mol. The highest BCUT2D eigenvalue weighted by atomic mass is 19.4. The Bertz CT molecular complexity index is 1050. The molecule has 0 spiro atoms. The summed E-state index contributed by atoms with van der Waals surface area (Å²) in [5.74, 6) is -1.10.